The van der Waals surface area contributed by atoms with Crippen LogP contribution in [0.15, 0.2) is 36.4 Å². The third-order valence-corrected chi connectivity index (χ3v) is 6.30. The lowest BCUT2D eigenvalue weighted by Gasteiger charge is -2.22. The summed E-state index contributed by atoms with van der Waals surface area (Å²) in [7, 11) is 0. The van der Waals surface area contributed by atoms with Crippen molar-refractivity contribution in [2.75, 3.05) is 22.9 Å². The summed E-state index contributed by atoms with van der Waals surface area (Å²) >= 11 is 0. The smallest absolute Gasteiger partial charge is 0.269 e. The number of carbonyl (C=O) groups excluding carboxylic acids is 2. The van der Waals surface area contributed by atoms with E-state index in [1.54, 1.807) is 21.9 Å². The Hall–Kier alpha value is -3.22. The number of non-ortho nitro benzene ring substituents is 1. The molecule has 2 amide bonds. The number of amides is 2. The Morgan fingerprint density at radius 1 is 1.03 bits per heavy atom. The highest BCUT2D eigenvalue weighted by Crippen LogP contribution is 2.35. The molecule has 1 saturated heterocycles. The molecule has 1 atom stereocenters. The van der Waals surface area contributed by atoms with Crippen molar-refractivity contribution in [3.8, 4) is 0 Å². The maximum atomic E-state index is 13.2. The Labute approximate surface area is 168 Å². The average molecular weight is 391 g/mol. The maximum absolute atomic E-state index is 13.2. The van der Waals surface area contributed by atoms with Gasteiger partial charge in [-0.1, -0.05) is 6.07 Å². The first-order chi connectivity index (χ1) is 14.0. The summed E-state index contributed by atoms with van der Waals surface area (Å²) in [6, 6.07) is 10.8. The van der Waals surface area contributed by atoms with Gasteiger partial charge >= 0.3 is 0 Å². The summed E-state index contributed by atoms with van der Waals surface area (Å²) < 4.78 is 0. The summed E-state index contributed by atoms with van der Waals surface area (Å²) in [6.07, 6.45) is 4.09. The van der Waals surface area contributed by atoms with Crippen LogP contribution in [0.3, 0.4) is 0 Å². The molecule has 0 spiro atoms. The van der Waals surface area contributed by atoms with Gasteiger partial charge in [0, 0.05) is 43.0 Å². The number of nitro benzene ring substituents is 1. The number of aryl methyl sites for hydroxylation is 2. The van der Waals surface area contributed by atoms with Gasteiger partial charge in [-0.25, -0.2) is 0 Å². The van der Waals surface area contributed by atoms with E-state index in [2.05, 4.69) is 12.1 Å². The molecule has 7 nitrogen and oxygen atoms in total. The van der Waals surface area contributed by atoms with E-state index in [9.17, 15) is 19.7 Å². The second kappa shape index (κ2) is 6.69. The number of nitrogens with zero attached hydrogens (tertiary/aromatic N) is 3. The van der Waals surface area contributed by atoms with Crippen LogP contribution < -0.4 is 9.80 Å². The van der Waals surface area contributed by atoms with E-state index < -0.39 is 10.8 Å². The van der Waals surface area contributed by atoms with Crippen LogP contribution in [-0.2, 0) is 28.9 Å². The van der Waals surface area contributed by atoms with Crippen LogP contribution in [-0.4, -0.2) is 29.8 Å². The number of fused-ring (bicyclic) bond motifs is 2. The van der Waals surface area contributed by atoms with Crippen molar-refractivity contribution in [3.05, 3.63) is 63.2 Å². The Morgan fingerprint density at radius 2 is 1.86 bits per heavy atom. The number of nitro groups is 1. The van der Waals surface area contributed by atoms with E-state index in [0.717, 1.165) is 36.2 Å². The minimum absolute atomic E-state index is 0.0237. The standard InChI is InChI=1S/C22H21N3O4/c26-21-12-17(13-24(21)18-5-4-14-2-1-3-15(14)10-18)22(27)23-9-8-16-11-19(25(28)29)6-7-20(16)23/h4-7,10-11,17H,1-3,8-9,12-13H2. The van der Waals surface area contributed by atoms with Crippen LogP contribution in [0.2, 0.25) is 0 Å². The van der Waals surface area contributed by atoms with Crippen LogP contribution in [0.4, 0.5) is 17.1 Å². The van der Waals surface area contributed by atoms with E-state index in [0.29, 0.717) is 19.5 Å². The highest BCUT2D eigenvalue weighted by molar-refractivity contribution is 6.05. The van der Waals surface area contributed by atoms with Crippen molar-refractivity contribution in [3.63, 3.8) is 0 Å². The van der Waals surface area contributed by atoms with E-state index >= 15 is 0 Å². The minimum atomic E-state index is -0.422. The third kappa shape index (κ3) is 2.97. The van der Waals surface area contributed by atoms with Crippen molar-refractivity contribution in [2.45, 2.75) is 32.1 Å². The van der Waals surface area contributed by atoms with Crippen LogP contribution in [0, 0.1) is 16.0 Å². The molecule has 0 saturated carbocycles. The summed E-state index contributed by atoms with van der Waals surface area (Å²) in [5, 5.41) is 11.0. The van der Waals surface area contributed by atoms with Gasteiger partial charge in [-0.05, 0) is 60.6 Å². The van der Waals surface area contributed by atoms with Gasteiger partial charge in [0.1, 0.15) is 0 Å². The molecule has 5 rings (SSSR count). The normalized spacial score (nSPS) is 20.1. The van der Waals surface area contributed by atoms with Crippen LogP contribution in [0.5, 0.6) is 0 Å². The molecule has 2 aliphatic heterocycles. The molecule has 3 aliphatic rings. The van der Waals surface area contributed by atoms with Gasteiger partial charge in [0.15, 0.2) is 0 Å². The number of benzene rings is 2. The van der Waals surface area contributed by atoms with Gasteiger partial charge in [0.2, 0.25) is 11.8 Å². The first-order valence-electron chi connectivity index (χ1n) is 10.0. The van der Waals surface area contributed by atoms with Crippen molar-refractivity contribution in [1.82, 2.24) is 0 Å². The lowest BCUT2D eigenvalue weighted by Crippen LogP contribution is -2.36. The van der Waals surface area contributed by atoms with Gasteiger partial charge in [-0.3, -0.25) is 19.7 Å². The second-order valence-corrected chi connectivity index (χ2v) is 8.02. The van der Waals surface area contributed by atoms with Crippen molar-refractivity contribution >= 4 is 28.9 Å². The predicted octanol–water partition coefficient (Wildman–Crippen LogP) is 3.03. The molecule has 0 radical (unpaired) electrons. The van der Waals surface area contributed by atoms with Gasteiger partial charge in [0.25, 0.3) is 5.69 Å². The monoisotopic (exact) mass is 391 g/mol. The number of carbonyl (C=O) groups is 2. The molecule has 2 aromatic carbocycles. The second-order valence-electron chi connectivity index (χ2n) is 8.02. The zero-order valence-electron chi connectivity index (χ0n) is 16.0. The third-order valence-electron chi connectivity index (χ3n) is 6.30. The average Bonchev–Trinajstić information content (AvgIpc) is 3.44. The topological polar surface area (TPSA) is 83.8 Å². The Bertz CT molecular complexity index is 1050. The molecule has 0 aromatic heterocycles. The number of hydrogen-bond donors (Lipinski definition) is 0. The molecule has 148 valence electrons. The zero-order valence-corrected chi connectivity index (χ0v) is 16.0. The fourth-order valence-electron chi connectivity index (χ4n) is 4.80. The summed E-state index contributed by atoms with van der Waals surface area (Å²) in [5.41, 5.74) is 5.12. The van der Waals surface area contributed by atoms with E-state index in [1.807, 2.05) is 6.07 Å². The molecular formula is C22H21N3O4. The first kappa shape index (κ1) is 17.8. The van der Waals surface area contributed by atoms with Gasteiger partial charge in [-0.15, -0.1) is 0 Å². The largest absolute Gasteiger partial charge is 0.312 e. The quantitative estimate of drug-likeness (QED) is 0.595. The van der Waals surface area contributed by atoms with Crippen molar-refractivity contribution in [2.24, 2.45) is 5.92 Å². The van der Waals surface area contributed by atoms with Crippen LogP contribution in [0.25, 0.3) is 0 Å². The van der Waals surface area contributed by atoms with Gasteiger partial charge in [0.05, 0.1) is 10.8 Å². The summed E-state index contributed by atoms with van der Waals surface area (Å²) in [4.78, 5) is 39.8. The SMILES string of the molecule is O=C1CC(C(=O)N2CCc3cc([N+](=O)[O-])ccc32)CN1c1ccc2c(c1)CCC2. The van der Waals surface area contributed by atoms with Crippen LogP contribution in [0.1, 0.15) is 29.5 Å². The molecule has 0 N–H and O–H groups in total. The predicted molar refractivity (Wildman–Crippen MR) is 108 cm³/mol. The summed E-state index contributed by atoms with van der Waals surface area (Å²) in [6.45, 7) is 0.883. The van der Waals surface area contributed by atoms with Crippen molar-refractivity contribution < 1.29 is 14.5 Å². The number of hydrogen-bond acceptors (Lipinski definition) is 4. The highest BCUT2D eigenvalue weighted by Gasteiger charge is 2.39. The fourth-order valence-corrected chi connectivity index (χ4v) is 4.80. The molecule has 1 fully saturated rings. The molecular weight excluding hydrogens is 370 g/mol. The molecule has 1 aliphatic carbocycles. The molecule has 1 unspecified atom stereocenters. The highest BCUT2D eigenvalue weighted by atomic mass is 16.6. The number of anilines is 2. The fraction of sp³-hybridized carbons (Fsp3) is 0.364. The first-order valence-corrected chi connectivity index (χ1v) is 10.0. The maximum Gasteiger partial charge on any atom is 0.269 e. The molecule has 0 bridgehead atoms. The summed E-state index contributed by atoms with van der Waals surface area (Å²) in [5.74, 6) is -0.490. The number of rotatable bonds is 3. The van der Waals surface area contributed by atoms with Crippen molar-refractivity contribution in [1.29, 1.82) is 0 Å². The lowest BCUT2D eigenvalue weighted by atomic mass is 10.1. The van der Waals surface area contributed by atoms with Gasteiger partial charge < -0.3 is 9.80 Å². The molecule has 29 heavy (non-hydrogen) atoms. The molecule has 2 heterocycles. The lowest BCUT2D eigenvalue weighted by molar-refractivity contribution is -0.384. The Kier molecular flexibility index (Phi) is 4.12. The zero-order chi connectivity index (χ0) is 20.1. The Morgan fingerprint density at radius 3 is 2.69 bits per heavy atom. The van der Waals surface area contributed by atoms with E-state index in [1.165, 1.54) is 17.2 Å². The van der Waals surface area contributed by atoms with Gasteiger partial charge in [-0.2, -0.15) is 0 Å². The minimum Gasteiger partial charge on any atom is -0.312 e. The van der Waals surface area contributed by atoms with Crippen LogP contribution >= 0.6 is 0 Å². The Balaban J connectivity index is 1.35. The molecule has 2 aromatic rings. The van der Waals surface area contributed by atoms with E-state index in [4.69, 9.17) is 0 Å². The van der Waals surface area contributed by atoms with E-state index in [-0.39, 0.29) is 23.9 Å². The molecule has 7 heteroatoms.